The molecule has 4 aromatic heterocycles. The van der Waals surface area contributed by atoms with E-state index < -0.39 is 0 Å². The summed E-state index contributed by atoms with van der Waals surface area (Å²) >= 11 is 24.3. The summed E-state index contributed by atoms with van der Waals surface area (Å²) < 4.78 is 33.5. The highest BCUT2D eigenvalue weighted by Gasteiger charge is 2.05. The second kappa shape index (κ2) is 21.6. The predicted octanol–water partition coefficient (Wildman–Crippen LogP) is 9.12. The molecule has 0 N–H and O–H groups in total. The third-order valence-corrected chi connectivity index (χ3v) is 6.77. The van der Waals surface area contributed by atoms with E-state index in [1.165, 1.54) is 0 Å². The topological polar surface area (TPSA) is 107 Å². The van der Waals surface area contributed by atoms with Gasteiger partial charge in [-0.05, 0) is 82.8 Å². The van der Waals surface area contributed by atoms with Crippen LogP contribution in [-0.4, -0.2) is 62.1 Å². The van der Waals surface area contributed by atoms with Gasteiger partial charge < -0.3 is 28.4 Å². The molecule has 0 saturated carbocycles. The summed E-state index contributed by atoms with van der Waals surface area (Å²) in [6.07, 6.45) is 6.56. The van der Waals surface area contributed by atoms with Crippen molar-refractivity contribution in [3.05, 3.63) is 77.2 Å². The monoisotopic (exact) mass is 890 g/mol. The smallest absolute Gasteiger partial charge is 0.257 e. The van der Waals surface area contributed by atoms with Gasteiger partial charge in [0.2, 0.25) is 0 Å². The minimum absolute atomic E-state index is 0.380. The lowest BCUT2D eigenvalue weighted by Crippen LogP contribution is -1.97. The highest BCUT2D eigenvalue weighted by atomic mass is 79.9. The molecule has 0 bridgehead atoms. The molecule has 0 aliphatic carbocycles. The summed E-state index contributed by atoms with van der Waals surface area (Å²) in [5.41, 5.74) is 0. The minimum atomic E-state index is 0.380. The number of hydrogen-bond donors (Lipinski definition) is 0. The third-order valence-electron chi connectivity index (χ3n) is 4.47. The molecule has 0 radical (unpaired) electrons. The Morgan fingerprint density at radius 1 is 0.512 bits per heavy atom. The van der Waals surface area contributed by atoms with Crippen molar-refractivity contribution in [3.63, 3.8) is 0 Å². The van der Waals surface area contributed by atoms with Crippen LogP contribution in [0.15, 0.2) is 66.9 Å². The van der Waals surface area contributed by atoms with Crippen LogP contribution < -0.4 is 28.4 Å². The van der Waals surface area contributed by atoms with Crippen LogP contribution in [0.1, 0.15) is 6.92 Å². The number of hydrogen-bond acceptors (Lipinski definition) is 10. The SMILES string of the molecule is CCOc1ncc(Br)cc1OC.COc1cc(Br)cnc1Cl.COc1cc(Br)cnc1Cl.COc1cc(Br)cnc1OC. The maximum Gasteiger partial charge on any atom is 0.257 e. The first-order chi connectivity index (χ1) is 20.5. The summed E-state index contributed by atoms with van der Waals surface area (Å²) in [7, 11) is 7.82. The van der Waals surface area contributed by atoms with Crippen LogP contribution in [0, 0.1) is 0 Å². The van der Waals surface area contributed by atoms with Gasteiger partial charge in [0.25, 0.3) is 11.8 Å². The van der Waals surface area contributed by atoms with E-state index in [2.05, 4.69) is 83.7 Å². The Kier molecular flexibility index (Phi) is 19.5. The van der Waals surface area contributed by atoms with Crippen molar-refractivity contribution in [3.8, 4) is 34.8 Å². The Hall–Kier alpha value is -2.10. The van der Waals surface area contributed by atoms with Crippen LogP contribution >= 0.6 is 86.9 Å². The number of ether oxygens (including phenoxy) is 6. The molecule has 43 heavy (non-hydrogen) atoms. The molecule has 4 aromatic rings. The highest BCUT2D eigenvalue weighted by Crippen LogP contribution is 2.28. The Bertz CT molecular complexity index is 1370. The Morgan fingerprint density at radius 2 is 0.837 bits per heavy atom. The van der Waals surface area contributed by atoms with Gasteiger partial charge in [-0.1, -0.05) is 23.2 Å². The van der Waals surface area contributed by atoms with Crippen molar-refractivity contribution < 1.29 is 28.4 Å². The van der Waals surface area contributed by atoms with Gasteiger partial charge in [0.15, 0.2) is 33.3 Å². The average molecular weight is 895 g/mol. The average Bonchev–Trinajstić information content (AvgIpc) is 3.01. The van der Waals surface area contributed by atoms with E-state index in [0.29, 0.717) is 51.7 Å². The molecule has 0 aromatic carbocycles. The Morgan fingerprint density at radius 3 is 1.16 bits per heavy atom. The van der Waals surface area contributed by atoms with E-state index in [-0.39, 0.29) is 0 Å². The second-order valence-corrected chi connectivity index (χ2v) is 11.6. The predicted molar refractivity (Wildman–Crippen MR) is 182 cm³/mol. The van der Waals surface area contributed by atoms with Crippen molar-refractivity contribution in [1.29, 1.82) is 0 Å². The highest BCUT2D eigenvalue weighted by molar-refractivity contribution is 9.11. The lowest BCUT2D eigenvalue weighted by atomic mass is 10.4. The first-order valence-corrected chi connectivity index (χ1v) is 15.7. The first-order valence-electron chi connectivity index (χ1n) is 11.8. The van der Waals surface area contributed by atoms with E-state index >= 15 is 0 Å². The molecular weight excluding hydrogens is 867 g/mol. The van der Waals surface area contributed by atoms with Gasteiger partial charge in [-0.25, -0.2) is 19.9 Å². The summed E-state index contributed by atoms with van der Waals surface area (Å²) in [5, 5.41) is 0.761. The lowest BCUT2D eigenvalue weighted by Gasteiger charge is -2.06. The van der Waals surface area contributed by atoms with Crippen LogP contribution in [0.3, 0.4) is 0 Å². The molecule has 4 rings (SSSR count). The molecule has 234 valence electrons. The standard InChI is InChI=1S/C8H10BrNO2.C7H8BrNO2.2C6H5BrClNO/c1-3-12-8-7(11-2)4-6(9)5-10-8;1-10-6-3-5(8)4-9-7(6)11-2;2*1-10-5-2-4(7)3-9-6(5)8/h4-5H,3H2,1-2H3;3-4H,1-2H3;2*2-3H,1H3. The van der Waals surface area contributed by atoms with Gasteiger partial charge in [-0.3, -0.25) is 0 Å². The Balaban J connectivity index is 0.000000287. The lowest BCUT2D eigenvalue weighted by molar-refractivity contribution is 0.298. The van der Waals surface area contributed by atoms with Crippen LogP contribution in [-0.2, 0) is 0 Å². The molecule has 16 heteroatoms. The summed E-state index contributed by atoms with van der Waals surface area (Å²) in [6.45, 7) is 2.49. The summed E-state index contributed by atoms with van der Waals surface area (Å²) in [4.78, 5) is 15.7. The number of nitrogens with zero attached hydrogens (tertiary/aromatic N) is 4. The maximum absolute atomic E-state index is 5.64. The van der Waals surface area contributed by atoms with Gasteiger partial charge in [0, 0.05) is 54.8 Å². The fourth-order valence-corrected chi connectivity index (χ4v) is 4.20. The summed E-state index contributed by atoms with van der Waals surface area (Å²) in [6, 6.07) is 7.13. The molecule has 0 unspecified atom stereocenters. The van der Waals surface area contributed by atoms with Crippen LogP contribution in [0.5, 0.6) is 34.8 Å². The van der Waals surface area contributed by atoms with E-state index in [1.54, 1.807) is 78.5 Å². The molecule has 10 nitrogen and oxygen atoms in total. The second-order valence-electron chi connectivity index (χ2n) is 7.25. The fraction of sp³-hybridized carbons (Fsp3) is 0.259. The minimum Gasteiger partial charge on any atom is -0.493 e. The molecule has 0 saturated heterocycles. The van der Waals surface area contributed by atoms with Crippen LogP contribution in [0.4, 0.5) is 0 Å². The van der Waals surface area contributed by atoms with Crippen LogP contribution in [0.2, 0.25) is 10.3 Å². The molecule has 4 heterocycles. The van der Waals surface area contributed by atoms with E-state index in [4.69, 9.17) is 51.6 Å². The number of rotatable bonds is 7. The van der Waals surface area contributed by atoms with Crippen molar-refractivity contribution in [2.45, 2.75) is 6.92 Å². The van der Waals surface area contributed by atoms with Crippen molar-refractivity contribution in [2.24, 2.45) is 0 Å². The van der Waals surface area contributed by atoms with Crippen LogP contribution in [0.25, 0.3) is 0 Å². The van der Waals surface area contributed by atoms with E-state index in [9.17, 15) is 0 Å². The Labute approximate surface area is 294 Å². The molecule has 0 aliphatic rings. The largest absolute Gasteiger partial charge is 0.493 e. The quantitative estimate of drug-likeness (QED) is 0.167. The fourth-order valence-electron chi connectivity index (χ4n) is 2.60. The van der Waals surface area contributed by atoms with Crippen molar-refractivity contribution >= 4 is 86.9 Å². The molecule has 0 fully saturated rings. The number of aromatic nitrogens is 4. The van der Waals surface area contributed by atoms with Gasteiger partial charge in [0.05, 0.1) is 42.2 Å². The number of pyridine rings is 4. The zero-order chi connectivity index (χ0) is 32.4. The van der Waals surface area contributed by atoms with E-state index in [1.807, 2.05) is 13.0 Å². The van der Waals surface area contributed by atoms with Gasteiger partial charge in [0.1, 0.15) is 0 Å². The van der Waals surface area contributed by atoms with Crippen molar-refractivity contribution in [1.82, 2.24) is 19.9 Å². The normalized spacial score (nSPS) is 9.49. The van der Waals surface area contributed by atoms with Gasteiger partial charge >= 0.3 is 0 Å². The molecule has 0 spiro atoms. The van der Waals surface area contributed by atoms with Gasteiger partial charge in [-0.2, -0.15) is 0 Å². The zero-order valence-corrected chi connectivity index (χ0v) is 31.7. The third kappa shape index (κ3) is 14.5. The van der Waals surface area contributed by atoms with Gasteiger partial charge in [-0.15, -0.1) is 0 Å². The summed E-state index contributed by atoms with van der Waals surface area (Å²) in [5.74, 6) is 3.46. The van der Waals surface area contributed by atoms with E-state index in [0.717, 1.165) is 17.9 Å². The van der Waals surface area contributed by atoms with Crippen molar-refractivity contribution in [2.75, 3.05) is 42.2 Å². The molecule has 0 amide bonds. The molecule has 0 atom stereocenters. The number of halogens is 6. The number of methoxy groups -OCH3 is 5. The maximum atomic E-state index is 5.64. The zero-order valence-electron chi connectivity index (χ0n) is 23.8. The first kappa shape index (κ1) is 38.9. The molecular formula is C27H28Br4Cl2N4O6. The molecule has 0 aliphatic heterocycles.